The van der Waals surface area contributed by atoms with Crippen molar-refractivity contribution in [3.8, 4) is 0 Å². The van der Waals surface area contributed by atoms with Gasteiger partial charge in [-0.1, -0.05) is 26.0 Å². The lowest BCUT2D eigenvalue weighted by Crippen LogP contribution is -2.47. The van der Waals surface area contributed by atoms with Gasteiger partial charge in [0.05, 0.1) is 11.4 Å². The standard InChI is InChI=1S/C20H29N3O2/c1-16(2)15-20(25)23-14-13-22(17-7-3-4-8-18(17)23)19(24)9-12-21-10-5-6-11-21/h3-4,7-8,16H,5-6,9-15H2,1-2H3. The van der Waals surface area contributed by atoms with E-state index in [1.54, 1.807) is 0 Å². The van der Waals surface area contributed by atoms with Crippen LogP contribution in [0.3, 0.4) is 0 Å². The van der Waals surface area contributed by atoms with Crippen LogP contribution in [0.2, 0.25) is 0 Å². The molecule has 136 valence electrons. The van der Waals surface area contributed by atoms with Gasteiger partial charge in [-0.05, 0) is 44.0 Å². The molecule has 0 saturated carbocycles. The summed E-state index contributed by atoms with van der Waals surface area (Å²) in [5, 5.41) is 0. The largest absolute Gasteiger partial charge is 0.309 e. The number of carbonyl (C=O) groups is 2. The van der Waals surface area contributed by atoms with Crippen LogP contribution in [-0.2, 0) is 9.59 Å². The molecule has 5 nitrogen and oxygen atoms in total. The highest BCUT2D eigenvalue weighted by molar-refractivity contribution is 6.04. The van der Waals surface area contributed by atoms with Crippen LogP contribution in [0.4, 0.5) is 11.4 Å². The lowest BCUT2D eigenvalue weighted by molar-refractivity contribution is -0.120. The highest BCUT2D eigenvalue weighted by Gasteiger charge is 2.29. The van der Waals surface area contributed by atoms with Gasteiger partial charge in [0, 0.05) is 32.5 Å². The SMILES string of the molecule is CC(C)CC(=O)N1CCN(C(=O)CCN2CCCC2)c2ccccc21. The van der Waals surface area contributed by atoms with Crippen molar-refractivity contribution in [2.75, 3.05) is 42.5 Å². The third kappa shape index (κ3) is 4.21. The van der Waals surface area contributed by atoms with E-state index in [1.807, 2.05) is 34.1 Å². The number of amides is 2. The maximum atomic E-state index is 12.8. The first kappa shape index (κ1) is 17.9. The Hall–Kier alpha value is -1.88. The summed E-state index contributed by atoms with van der Waals surface area (Å²) < 4.78 is 0. The Morgan fingerprint density at radius 2 is 1.48 bits per heavy atom. The van der Waals surface area contributed by atoms with Gasteiger partial charge < -0.3 is 14.7 Å². The number of para-hydroxylation sites is 2. The summed E-state index contributed by atoms with van der Waals surface area (Å²) in [6, 6.07) is 7.79. The maximum Gasteiger partial charge on any atom is 0.228 e. The summed E-state index contributed by atoms with van der Waals surface area (Å²) in [5.41, 5.74) is 1.74. The monoisotopic (exact) mass is 343 g/mol. The average Bonchev–Trinajstić information content (AvgIpc) is 3.11. The molecule has 0 atom stereocenters. The molecule has 3 rings (SSSR count). The Kier molecular flexibility index (Phi) is 5.74. The Morgan fingerprint density at radius 3 is 2.04 bits per heavy atom. The summed E-state index contributed by atoms with van der Waals surface area (Å²) in [4.78, 5) is 31.4. The number of likely N-dealkylation sites (tertiary alicyclic amines) is 1. The Morgan fingerprint density at radius 1 is 0.920 bits per heavy atom. The molecule has 2 aliphatic rings. The predicted octanol–water partition coefficient (Wildman–Crippen LogP) is 2.90. The molecule has 0 bridgehead atoms. The number of hydrogen-bond acceptors (Lipinski definition) is 3. The topological polar surface area (TPSA) is 43.9 Å². The van der Waals surface area contributed by atoms with Gasteiger partial charge in [0.1, 0.15) is 0 Å². The molecule has 0 spiro atoms. The quantitative estimate of drug-likeness (QED) is 0.826. The van der Waals surface area contributed by atoms with Crippen molar-refractivity contribution in [2.24, 2.45) is 5.92 Å². The zero-order chi connectivity index (χ0) is 17.8. The van der Waals surface area contributed by atoms with Crippen molar-refractivity contribution in [3.05, 3.63) is 24.3 Å². The van der Waals surface area contributed by atoms with E-state index in [9.17, 15) is 9.59 Å². The lowest BCUT2D eigenvalue weighted by Gasteiger charge is -2.37. The van der Waals surface area contributed by atoms with Crippen LogP contribution in [0.1, 0.15) is 39.5 Å². The van der Waals surface area contributed by atoms with E-state index < -0.39 is 0 Å². The number of carbonyl (C=O) groups excluding carboxylic acids is 2. The van der Waals surface area contributed by atoms with Crippen molar-refractivity contribution in [3.63, 3.8) is 0 Å². The van der Waals surface area contributed by atoms with Gasteiger partial charge in [-0.25, -0.2) is 0 Å². The van der Waals surface area contributed by atoms with Gasteiger partial charge in [-0.3, -0.25) is 9.59 Å². The third-order valence-corrected chi connectivity index (χ3v) is 5.04. The number of rotatable bonds is 5. The summed E-state index contributed by atoms with van der Waals surface area (Å²) in [6.07, 6.45) is 3.58. The summed E-state index contributed by atoms with van der Waals surface area (Å²) in [7, 11) is 0. The molecular formula is C20H29N3O2. The molecule has 5 heteroatoms. The van der Waals surface area contributed by atoms with Crippen LogP contribution >= 0.6 is 0 Å². The number of anilines is 2. The van der Waals surface area contributed by atoms with E-state index >= 15 is 0 Å². The van der Waals surface area contributed by atoms with Gasteiger partial charge in [0.15, 0.2) is 0 Å². The van der Waals surface area contributed by atoms with E-state index in [2.05, 4.69) is 18.7 Å². The fourth-order valence-corrected chi connectivity index (χ4v) is 3.73. The Labute approximate surface area is 150 Å². The van der Waals surface area contributed by atoms with Crippen LogP contribution in [-0.4, -0.2) is 49.4 Å². The van der Waals surface area contributed by atoms with E-state index in [1.165, 1.54) is 12.8 Å². The minimum absolute atomic E-state index is 0.145. The predicted molar refractivity (Wildman–Crippen MR) is 101 cm³/mol. The fraction of sp³-hybridized carbons (Fsp3) is 0.600. The third-order valence-electron chi connectivity index (χ3n) is 5.04. The molecule has 0 N–H and O–H groups in total. The second kappa shape index (κ2) is 8.00. The van der Waals surface area contributed by atoms with Gasteiger partial charge in [-0.15, -0.1) is 0 Å². The van der Waals surface area contributed by atoms with Crippen molar-refractivity contribution < 1.29 is 9.59 Å². The maximum absolute atomic E-state index is 12.8. The van der Waals surface area contributed by atoms with E-state index in [4.69, 9.17) is 0 Å². The Bertz CT molecular complexity index is 623. The fourth-order valence-electron chi connectivity index (χ4n) is 3.73. The van der Waals surface area contributed by atoms with E-state index in [0.29, 0.717) is 31.8 Å². The highest BCUT2D eigenvalue weighted by Crippen LogP contribution is 2.34. The van der Waals surface area contributed by atoms with Gasteiger partial charge in [0.2, 0.25) is 11.8 Å². The molecule has 2 heterocycles. The van der Waals surface area contributed by atoms with Crippen LogP contribution < -0.4 is 9.80 Å². The van der Waals surface area contributed by atoms with Crippen LogP contribution in [0.15, 0.2) is 24.3 Å². The second-order valence-corrected chi connectivity index (χ2v) is 7.48. The van der Waals surface area contributed by atoms with Crippen molar-refractivity contribution in [1.82, 2.24) is 4.90 Å². The average molecular weight is 343 g/mol. The normalized spacial score (nSPS) is 17.9. The lowest BCUT2D eigenvalue weighted by atomic mass is 10.1. The molecule has 1 saturated heterocycles. The van der Waals surface area contributed by atoms with Crippen molar-refractivity contribution in [1.29, 1.82) is 0 Å². The first-order chi connectivity index (χ1) is 12.1. The van der Waals surface area contributed by atoms with Crippen LogP contribution in [0, 0.1) is 5.92 Å². The van der Waals surface area contributed by atoms with Gasteiger partial charge >= 0.3 is 0 Å². The second-order valence-electron chi connectivity index (χ2n) is 7.48. The zero-order valence-corrected chi connectivity index (χ0v) is 15.4. The number of nitrogens with zero attached hydrogens (tertiary/aromatic N) is 3. The van der Waals surface area contributed by atoms with Crippen molar-refractivity contribution in [2.45, 2.75) is 39.5 Å². The van der Waals surface area contributed by atoms with E-state index in [-0.39, 0.29) is 11.8 Å². The van der Waals surface area contributed by atoms with Crippen molar-refractivity contribution >= 4 is 23.2 Å². The van der Waals surface area contributed by atoms with Crippen LogP contribution in [0.5, 0.6) is 0 Å². The summed E-state index contributed by atoms with van der Waals surface area (Å²) in [5.74, 6) is 0.640. The van der Waals surface area contributed by atoms with Crippen LogP contribution in [0.25, 0.3) is 0 Å². The van der Waals surface area contributed by atoms with Gasteiger partial charge in [0.25, 0.3) is 0 Å². The van der Waals surface area contributed by atoms with E-state index in [0.717, 1.165) is 31.0 Å². The zero-order valence-electron chi connectivity index (χ0n) is 15.4. The highest BCUT2D eigenvalue weighted by atomic mass is 16.2. The first-order valence-corrected chi connectivity index (χ1v) is 9.48. The molecule has 1 aromatic carbocycles. The molecule has 0 aromatic heterocycles. The molecule has 2 amide bonds. The molecule has 1 fully saturated rings. The number of benzene rings is 1. The molecular weight excluding hydrogens is 314 g/mol. The minimum Gasteiger partial charge on any atom is -0.309 e. The first-order valence-electron chi connectivity index (χ1n) is 9.48. The molecule has 25 heavy (non-hydrogen) atoms. The summed E-state index contributed by atoms with van der Waals surface area (Å²) >= 11 is 0. The molecule has 0 radical (unpaired) electrons. The number of fused-ring (bicyclic) bond motifs is 1. The summed E-state index contributed by atoms with van der Waals surface area (Å²) in [6.45, 7) is 8.35. The molecule has 2 aliphatic heterocycles. The molecule has 1 aromatic rings. The van der Waals surface area contributed by atoms with Gasteiger partial charge in [-0.2, -0.15) is 0 Å². The molecule has 0 unspecified atom stereocenters. The molecule has 0 aliphatic carbocycles. The minimum atomic E-state index is 0.145. The smallest absolute Gasteiger partial charge is 0.228 e. The Balaban J connectivity index is 1.71. The number of hydrogen-bond donors (Lipinski definition) is 0.